The summed E-state index contributed by atoms with van der Waals surface area (Å²) in [5.41, 5.74) is 0.652. The van der Waals surface area contributed by atoms with Crippen molar-refractivity contribution in [2.24, 2.45) is 0 Å². The summed E-state index contributed by atoms with van der Waals surface area (Å²) < 4.78 is 4.50. The van der Waals surface area contributed by atoms with Crippen molar-refractivity contribution in [1.82, 2.24) is 5.32 Å². The Morgan fingerprint density at radius 3 is 2.59 bits per heavy atom. The number of ether oxygens (including phenoxy) is 1. The van der Waals surface area contributed by atoms with Gasteiger partial charge in [0, 0.05) is 44.9 Å². The SMILES string of the molecule is COC(=O)CCCNC(=O)c1cc([N+](=O)[O-])ccc1N(C)C. The molecule has 0 saturated carbocycles. The van der Waals surface area contributed by atoms with Crippen LogP contribution in [0.2, 0.25) is 0 Å². The zero-order valence-corrected chi connectivity index (χ0v) is 12.8. The Hall–Kier alpha value is -2.64. The summed E-state index contributed by atoms with van der Waals surface area (Å²) in [5.74, 6) is -0.768. The first kappa shape index (κ1) is 17.4. The second-order valence-electron chi connectivity index (χ2n) is 4.79. The standard InChI is InChI=1S/C14H19N3O5/c1-16(2)12-7-6-10(17(20)21)9-11(12)14(19)15-8-4-5-13(18)22-3/h6-7,9H,4-5,8H2,1-3H3,(H,15,19). The van der Waals surface area contributed by atoms with E-state index in [1.165, 1.54) is 25.3 Å². The van der Waals surface area contributed by atoms with E-state index in [4.69, 9.17) is 0 Å². The Morgan fingerprint density at radius 1 is 1.36 bits per heavy atom. The van der Waals surface area contributed by atoms with Crippen molar-refractivity contribution in [3.8, 4) is 0 Å². The number of nitro benzene ring substituents is 1. The Balaban J connectivity index is 2.79. The zero-order valence-electron chi connectivity index (χ0n) is 12.8. The fourth-order valence-electron chi connectivity index (χ4n) is 1.84. The molecule has 0 atom stereocenters. The normalized spacial score (nSPS) is 9.95. The minimum Gasteiger partial charge on any atom is -0.469 e. The highest BCUT2D eigenvalue weighted by Crippen LogP contribution is 2.24. The number of carbonyl (C=O) groups is 2. The predicted octanol–water partition coefficient (Wildman–Crippen LogP) is 1.34. The lowest BCUT2D eigenvalue weighted by atomic mass is 10.1. The molecule has 0 aliphatic carbocycles. The van der Waals surface area contributed by atoms with E-state index in [1.54, 1.807) is 19.0 Å². The number of rotatable bonds is 7. The lowest BCUT2D eigenvalue weighted by Crippen LogP contribution is -2.27. The smallest absolute Gasteiger partial charge is 0.305 e. The average molecular weight is 309 g/mol. The minimum absolute atomic E-state index is 0.148. The third-order valence-electron chi connectivity index (χ3n) is 2.99. The molecule has 22 heavy (non-hydrogen) atoms. The van der Waals surface area contributed by atoms with Gasteiger partial charge in [-0.1, -0.05) is 0 Å². The highest BCUT2D eigenvalue weighted by atomic mass is 16.6. The Morgan fingerprint density at radius 2 is 2.05 bits per heavy atom. The molecular weight excluding hydrogens is 290 g/mol. The van der Waals surface area contributed by atoms with Gasteiger partial charge >= 0.3 is 5.97 Å². The lowest BCUT2D eigenvalue weighted by Gasteiger charge is -2.16. The number of carbonyl (C=O) groups excluding carboxylic acids is 2. The van der Waals surface area contributed by atoms with Gasteiger partial charge in [0.15, 0.2) is 0 Å². The fraction of sp³-hybridized carbons (Fsp3) is 0.429. The second kappa shape index (κ2) is 7.96. The topological polar surface area (TPSA) is 102 Å². The summed E-state index contributed by atoms with van der Waals surface area (Å²) in [6, 6.07) is 4.12. The van der Waals surface area contributed by atoms with Gasteiger partial charge in [0.25, 0.3) is 11.6 Å². The lowest BCUT2D eigenvalue weighted by molar-refractivity contribution is -0.384. The molecule has 0 radical (unpaired) electrons. The molecule has 1 aromatic rings. The van der Waals surface area contributed by atoms with Gasteiger partial charge in [0.05, 0.1) is 17.6 Å². The van der Waals surface area contributed by atoms with Gasteiger partial charge < -0.3 is 15.0 Å². The molecule has 0 aliphatic rings. The largest absolute Gasteiger partial charge is 0.469 e. The second-order valence-corrected chi connectivity index (χ2v) is 4.79. The number of nitro groups is 1. The van der Waals surface area contributed by atoms with Crippen molar-refractivity contribution in [1.29, 1.82) is 0 Å². The summed E-state index contributed by atoms with van der Waals surface area (Å²) >= 11 is 0. The number of hydrogen-bond acceptors (Lipinski definition) is 6. The summed E-state index contributed by atoms with van der Waals surface area (Å²) in [5, 5.41) is 13.5. The molecule has 0 spiro atoms. The van der Waals surface area contributed by atoms with Crippen LogP contribution in [0.15, 0.2) is 18.2 Å². The van der Waals surface area contributed by atoms with Crippen LogP contribution in [0.5, 0.6) is 0 Å². The van der Waals surface area contributed by atoms with Crippen molar-refractivity contribution in [2.45, 2.75) is 12.8 Å². The van der Waals surface area contributed by atoms with E-state index in [0.29, 0.717) is 12.1 Å². The van der Waals surface area contributed by atoms with Crippen LogP contribution < -0.4 is 10.2 Å². The molecule has 0 fully saturated rings. The average Bonchev–Trinajstić information content (AvgIpc) is 2.50. The van der Waals surface area contributed by atoms with Crippen LogP contribution in [0.4, 0.5) is 11.4 Å². The van der Waals surface area contributed by atoms with E-state index in [2.05, 4.69) is 10.1 Å². The molecule has 0 heterocycles. The first-order chi connectivity index (χ1) is 10.4. The van der Waals surface area contributed by atoms with E-state index in [0.717, 1.165) is 0 Å². The molecular formula is C14H19N3O5. The summed E-state index contributed by atoms with van der Waals surface area (Å²) in [6.07, 6.45) is 0.636. The molecule has 0 bridgehead atoms. The number of amides is 1. The molecule has 0 unspecified atom stereocenters. The molecule has 8 nitrogen and oxygen atoms in total. The summed E-state index contributed by atoms with van der Waals surface area (Å²) in [7, 11) is 4.79. The molecule has 1 amide bonds. The third kappa shape index (κ3) is 4.72. The molecule has 1 rings (SSSR count). The quantitative estimate of drug-likeness (QED) is 0.353. The maximum Gasteiger partial charge on any atom is 0.305 e. The predicted molar refractivity (Wildman–Crippen MR) is 81.0 cm³/mol. The van der Waals surface area contributed by atoms with Crippen LogP contribution in [0, 0.1) is 10.1 Å². The molecule has 0 aromatic heterocycles. The van der Waals surface area contributed by atoms with Gasteiger partial charge in [-0.15, -0.1) is 0 Å². The van der Waals surface area contributed by atoms with Crippen LogP contribution in [0.25, 0.3) is 0 Å². The van der Waals surface area contributed by atoms with Crippen LogP contribution in [0.3, 0.4) is 0 Å². The van der Waals surface area contributed by atoms with Crippen molar-refractivity contribution < 1.29 is 19.2 Å². The monoisotopic (exact) mass is 309 g/mol. The van der Waals surface area contributed by atoms with Crippen molar-refractivity contribution in [2.75, 3.05) is 32.6 Å². The van der Waals surface area contributed by atoms with Gasteiger partial charge in [-0.25, -0.2) is 0 Å². The first-order valence-electron chi connectivity index (χ1n) is 6.67. The number of anilines is 1. The maximum atomic E-state index is 12.2. The number of esters is 1. The number of hydrogen-bond donors (Lipinski definition) is 1. The van der Waals surface area contributed by atoms with Crippen LogP contribution >= 0.6 is 0 Å². The van der Waals surface area contributed by atoms with Crippen molar-refractivity contribution in [3.05, 3.63) is 33.9 Å². The molecule has 1 N–H and O–H groups in total. The molecule has 0 aliphatic heterocycles. The minimum atomic E-state index is -0.548. The van der Waals surface area contributed by atoms with Gasteiger partial charge in [-0.05, 0) is 12.5 Å². The molecule has 0 saturated heterocycles. The number of nitrogens with zero attached hydrogens (tertiary/aromatic N) is 2. The Bertz CT molecular complexity index is 572. The van der Waals surface area contributed by atoms with Gasteiger partial charge in [-0.2, -0.15) is 0 Å². The van der Waals surface area contributed by atoms with E-state index >= 15 is 0 Å². The first-order valence-corrected chi connectivity index (χ1v) is 6.67. The highest BCUT2D eigenvalue weighted by molar-refractivity contribution is 6.00. The van der Waals surface area contributed by atoms with Gasteiger partial charge in [-0.3, -0.25) is 19.7 Å². The van der Waals surface area contributed by atoms with Crippen LogP contribution in [-0.4, -0.2) is 44.5 Å². The maximum absolute atomic E-state index is 12.2. The number of benzene rings is 1. The summed E-state index contributed by atoms with van der Waals surface area (Å²) in [6.45, 7) is 0.281. The number of non-ortho nitro benzene ring substituents is 1. The van der Waals surface area contributed by atoms with E-state index in [-0.39, 0.29) is 30.2 Å². The van der Waals surface area contributed by atoms with Gasteiger partial charge in [0.1, 0.15) is 0 Å². The van der Waals surface area contributed by atoms with Crippen LogP contribution in [0.1, 0.15) is 23.2 Å². The Kier molecular flexibility index (Phi) is 6.30. The van der Waals surface area contributed by atoms with Gasteiger partial charge in [0.2, 0.25) is 0 Å². The number of methoxy groups -OCH3 is 1. The molecule has 8 heteroatoms. The highest BCUT2D eigenvalue weighted by Gasteiger charge is 2.17. The summed E-state index contributed by atoms with van der Waals surface area (Å²) in [4.78, 5) is 35.1. The molecule has 120 valence electrons. The Labute approximate surface area is 128 Å². The van der Waals surface area contributed by atoms with E-state index in [9.17, 15) is 19.7 Å². The third-order valence-corrected chi connectivity index (χ3v) is 2.99. The molecule has 1 aromatic carbocycles. The van der Waals surface area contributed by atoms with E-state index < -0.39 is 10.8 Å². The van der Waals surface area contributed by atoms with Crippen molar-refractivity contribution in [3.63, 3.8) is 0 Å². The zero-order chi connectivity index (χ0) is 16.7. The fourth-order valence-corrected chi connectivity index (χ4v) is 1.84. The van der Waals surface area contributed by atoms with E-state index in [1.807, 2.05) is 0 Å². The van der Waals surface area contributed by atoms with Crippen molar-refractivity contribution >= 4 is 23.3 Å². The van der Waals surface area contributed by atoms with Crippen LogP contribution in [-0.2, 0) is 9.53 Å². The number of nitrogens with one attached hydrogen (secondary N) is 1.